The summed E-state index contributed by atoms with van der Waals surface area (Å²) in [6, 6.07) is 22.7. The van der Waals surface area contributed by atoms with E-state index >= 15 is 0 Å². The van der Waals surface area contributed by atoms with Gasteiger partial charge in [0.25, 0.3) is 0 Å². The molecule has 0 spiro atoms. The lowest BCUT2D eigenvalue weighted by Gasteiger charge is -2.27. The van der Waals surface area contributed by atoms with Crippen LogP contribution in [0.2, 0.25) is 0 Å². The third-order valence-corrected chi connectivity index (χ3v) is 6.42. The Morgan fingerprint density at radius 2 is 1.79 bits per heavy atom. The number of aromatic nitrogens is 1. The molecule has 1 aromatic heterocycles. The molecule has 6 heteroatoms. The Labute approximate surface area is 198 Å². The van der Waals surface area contributed by atoms with Gasteiger partial charge < -0.3 is 20.9 Å². The van der Waals surface area contributed by atoms with E-state index in [0.717, 1.165) is 22.0 Å². The minimum Gasteiger partial charge on any atom is -0.361 e. The van der Waals surface area contributed by atoms with Gasteiger partial charge in [-0.1, -0.05) is 54.6 Å². The zero-order chi connectivity index (χ0) is 23.5. The van der Waals surface area contributed by atoms with E-state index in [1.54, 1.807) is 0 Å². The molecule has 4 aromatic rings. The number of H-pyrrole nitrogens is 1. The monoisotopic (exact) mass is 452 g/mol. The second kappa shape index (κ2) is 9.53. The molecule has 0 radical (unpaired) electrons. The topological polar surface area (TPSA) is 86.0 Å². The molecule has 5 rings (SSSR count). The highest BCUT2D eigenvalue weighted by Crippen LogP contribution is 2.21. The molecule has 4 N–H and O–H groups in total. The first kappa shape index (κ1) is 21.9. The molecular weight excluding hydrogens is 424 g/mol. The summed E-state index contributed by atoms with van der Waals surface area (Å²) in [5, 5.41) is 10.4. The van der Waals surface area contributed by atoms with Crippen molar-refractivity contribution in [2.45, 2.75) is 38.4 Å². The van der Waals surface area contributed by atoms with E-state index in [9.17, 15) is 9.59 Å². The van der Waals surface area contributed by atoms with Gasteiger partial charge in [0, 0.05) is 35.8 Å². The number of hydrogen-bond donors (Lipinski definition) is 4. The fraction of sp³-hybridized carbons (Fsp3) is 0.214. The van der Waals surface area contributed by atoms with E-state index in [1.165, 1.54) is 11.1 Å². The maximum atomic E-state index is 13.3. The van der Waals surface area contributed by atoms with Gasteiger partial charge in [0.1, 0.15) is 6.04 Å². The molecule has 0 unspecified atom stereocenters. The molecule has 1 aliphatic rings. The lowest BCUT2D eigenvalue weighted by atomic mass is 9.95. The standard InChI is InChI=1S/C28H28N4O2/c1-18-7-6-10-22(13-18)31-28(34)26(15-21-17-29-24-12-5-4-11-23(21)24)32-27(33)25-14-19-8-2-3-9-20(19)16-30-25/h2-13,17,25-26,29-30H,14-16H2,1H3,(H,31,34)(H,32,33)/t25-,26+/m0/s1. The normalized spacial score (nSPS) is 16.0. The summed E-state index contributed by atoms with van der Waals surface area (Å²) in [5.41, 5.74) is 6.14. The van der Waals surface area contributed by atoms with Gasteiger partial charge in [-0.2, -0.15) is 0 Å². The molecule has 6 nitrogen and oxygen atoms in total. The highest BCUT2D eigenvalue weighted by Gasteiger charge is 2.29. The Balaban J connectivity index is 1.37. The number of hydrogen-bond acceptors (Lipinski definition) is 3. The number of aromatic amines is 1. The third-order valence-electron chi connectivity index (χ3n) is 6.42. The summed E-state index contributed by atoms with van der Waals surface area (Å²) in [6.07, 6.45) is 2.90. The molecule has 2 amide bonds. The highest BCUT2D eigenvalue weighted by atomic mass is 16.2. The number of fused-ring (bicyclic) bond motifs is 2. The van der Waals surface area contributed by atoms with E-state index in [1.807, 2.05) is 73.8 Å². The van der Waals surface area contributed by atoms with Crippen LogP contribution in [0.3, 0.4) is 0 Å². The third kappa shape index (κ3) is 4.72. The lowest BCUT2D eigenvalue weighted by molar-refractivity contribution is -0.128. The second-order valence-electron chi connectivity index (χ2n) is 8.89. The predicted octanol–water partition coefficient (Wildman–Crippen LogP) is 3.86. The predicted molar refractivity (Wildman–Crippen MR) is 135 cm³/mol. The van der Waals surface area contributed by atoms with Crippen LogP contribution in [-0.4, -0.2) is 28.9 Å². The van der Waals surface area contributed by atoms with Crippen LogP contribution < -0.4 is 16.0 Å². The minimum atomic E-state index is -0.716. The van der Waals surface area contributed by atoms with Gasteiger partial charge in [0.15, 0.2) is 0 Å². The van der Waals surface area contributed by atoms with Gasteiger partial charge in [-0.15, -0.1) is 0 Å². The number of rotatable bonds is 6. The van der Waals surface area contributed by atoms with Crippen LogP contribution in [0.4, 0.5) is 5.69 Å². The summed E-state index contributed by atoms with van der Waals surface area (Å²) in [6.45, 7) is 2.62. The number of amides is 2. The molecule has 0 saturated carbocycles. The maximum absolute atomic E-state index is 13.3. The number of aryl methyl sites for hydroxylation is 1. The van der Waals surface area contributed by atoms with Gasteiger partial charge in [0.2, 0.25) is 11.8 Å². The van der Waals surface area contributed by atoms with Crippen molar-refractivity contribution in [2.24, 2.45) is 0 Å². The smallest absolute Gasteiger partial charge is 0.247 e. The number of benzene rings is 3. The summed E-state index contributed by atoms with van der Waals surface area (Å²) < 4.78 is 0. The molecule has 0 aliphatic carbocycles. The summed E-state index contributed by atoms with van der Waals surface area (Å²) in [7, 11) is 0. The van der Waals surface area contributed by atoms with E-state index in [-0.39, 0.29) is 17.9 Å². The fourth-order valence-electron chi connectivity index (χ4n) is 4.59. The van der Waals surface area contributed by atoms with Crippen molar-refractivity contribution in [1.82, 2.24) is 15.6 Å². The number of anilines is 1. The Bertz CT molecular complexity index is 1340. The largest absolute Gasteiger partial charge is 0.361 e. The molecule has 0 saturated heterocycles. The highest BCUT2D eigenvalue weighted by molar-refractivity contribution is 5.98. The average molecular weight is 453 g/mol. The number of carbonyl (C=O) groups is 2. The Kier molecular flexibility index (Phi) is 6.14. The van der Waals surface area contributed by atoms with Crippen molar-refractivity contribution < 1.29 is 9.59 Å². The molecule has 0 fully saturated rings. The van der Waals surface area contributed by atoms with Crippen LogP contribution in [0, 0.1) is 6.92 Å². The molecule has 172 valence electrons. The molecular formula is C28H28N4O2. The van der Waals surface area contributed by atoms with Crippen LogP contribution in [0.5, 0.6) is 0 Å². The van der Waals surface area contributed by atoms with Gasteiger partial charge >= 0.3 is 0 Å². The quantitative estimate of drug-likeness (QED) is 0.358. The van der Waals surface area contributed by atoms with Crippen LogP contribution in [-0.2, 0) is 29.0 Å². The van der Waals surface area contributed by atoms with Gasteiger partial charge in [-0.05, 0) is 53.8 Å². The van der Waals surface area contributed by atoms with E-state index in [4.69, 9.17) is 0 Å². The van der Waals surface area contributed by atoms with E-state index in [0.29, 0.717) is 25.1 Å². The van der Waals surface area contributed by atoms with Crippen LogP contribution >= 0.6 is 0 Å². The van der Waals surface area contributed by atoms with E-state index in [2.05, 4.69) is 33.1 Å². The summed E-state index contributed by atoms with van der Waals surface area (Å²) in [4.78, 5) is 29.9. The Morgan fingerprint density at radius 1 is 1.00 bits per heavy atom. The first-order valence-electron chi connectivity index (χ1n) is 11.6. The van der Waals surface area contributed by atoms with Crippen molar-refractivity contribution in [3.63, 3.8) is 0 Å². The van der Waals surface area contributed by atoms with Crippen LogP contribution in [0.15, 0.2) is 79.0 Å². The SMILES string of the molecule is Cc1cccc(NC(=O)[C@@H](Cc2c[nH]c3ccccc23)NC(=O)[C@@H]2Cc3ccccc3CN2)c1. The molecule has 1 aliphatic heterocycles. The van der Waals surface area contributed by atoms with Crippen molar-refractivity contribution in [3.8, 4) is 0 Å². The number of nitrogens with one attached hydrogen (secondary N) is 4. The molecule has 2 atom stereocenters. The zero-order valence-electron chi connectivity index (χ0n) is 19.1. The van der Waals surface area contributed by atoms with E-state index < -0.39 is 6.04 Å². The van der Waals surface area contributed by atoms with Gasteiger partial charge in [0.05, 0.1) is 6.04 Å². The minimum absolute atomic E-state index is 0.168. The van der Waals surface area contributed by atoms with Crippen molar-refractivity contribution >= 4 is 28.4 Å². The summed E-state index contributed by atoms with van der Waals surface area (Å²) >= 11 is 0. The lowest BCUT2D eigenvalue weighted by Crippen LogP contribution is -2.53. The Hall–Kier alpha value is -3.90. The fourth-order valence-corrected chi connectivity index (χ4v) is 4.59. The molecule has 0 bridgehead atoms. The maximum Gasteiger partial charge on any atom is 0.247 e. The first-order chi connectivity index (χ1) is 16.6. The van der Waals surface area contributed by atoms with Crippen LogP contribution in [0.25, 0.3) is 10.9 Å². The zero-order valence-corrected chi connectivity index (χ0v) is 19.1. The Morgan fingerprint density at radius 3 is 2.65 bits per heavy atom. The first-order valence-corrected chi connectivity index (χ1v) is 11.6. The second-order valence-corrected chi connectivity index (χ2v) is 8.89. The molecule has 2 heterocycles. The van der Waals surface area contributed by atoms with Gasteiger partial charge in [-0.25, -0.2) is 0 Å². The van der Waals surface area contributed by atoms with Crippen LogP contribution in [0.1, 0.15) is 22.3 Å². The van der Waals surface area contributed by atoms with Crippen molar-refractivity contribution in [3.05, 3.63) is 101 Å². The number of para-hydroxylation sites is 1. The van der Waals surface area contributed by atoms with Gasteiger partial charge in [-0.3, -0.25) is 9.59 Å². The number of carbonyl (C=O) groups excluding carboxylic acids is 2. The average Bonchev–Trinajstić information content (AvgIpc) is 3.26. The van der Waals surface area contributed by atoms with Crippen molar-refractivity contribution in [1.29, 1.82) is 0 Å². The molecule has 34 heavy (non-hydrogen) atoms. The van der Waals surface area contributed by atoms with Crippen molar-refractivity contribution in [2.75, 3.05) is 5.32 Å². The summed E-state index contributed by atoms with van der Waals surface area (Å²) in [5.74, 6) is -0.404. The molecule has 3 aromatic carbocycles.